The number of nitrogens with zero attached hydrogens (tertiary/aromatic N) is 3. The van der Waals surface area contributed by atoms with Gasteiger partial charge in [-0.15, -0.1) is 0 Å². The first-order valence-corrected chi connectivity index (χ1v) is 14.2. The Labute approximate surface area is 244 Å². The largest absolute Gasteiger partial charge is 0.463 e. The summed E-state index contributed by atoms with van der Waals surface area (Å²) in [5, 5.41) is 2.56. The fraction of sp³-hybridized carbons (Fsp3) is 0.0333. The van der Waals surface area contributed by atoms with Crippen LogP contribution in [0.15, 0.2) is 117 Å². The minimum Gasteiger partial charge on any atom is -0.463 e. The molecule has 0 aliphatic rings. The molecule has 2 N–H and O–H groups in total. The van der Waals surface area contributed by atoms with Crippen molar-refractivity contribution in [1.29, 1.82) is 0 Å². The van der Waals surface area contributed by atoms with Gasteiger partial charge in [0.15, 0.2) is 18.1 Å². The Balaban J connectivity index is 1.11. The van der Waals surface area contributed by atoms with Crippen LogP contribution in [0.25, 0.3) is 33.9 Å². The van der Waals surface area contributed by atoms with Gasteiger partial charge in [-0.3, -0.25) is 9.52 Å². The molecule has 214 valence electrons. The van der Waals surface area contributed by atoms with Crippen LogP contribution in [-0.2, 0) is 19.6 Å². The lowest BCUT2D eigenvalue weighted by Crippen LogP contribution is -2.21. The summed E-state index contributed by atoms with van der Waals surface area (Å²) in [5.41, 5.74) is 2.32. The molecule has 6 rings (SSSR count). The third-order valence-corrected chi connectivity index (χ3v) is 7.47. The fourth-order valence-electron chi connectivity index (χ4n) is 4.10. The number of sulfonamides is 1. The molecule has 6 aromatic rings. The number of hydrogen-bond donors (Lipinski definition) is 2. The number of pyridine rings is 1. The average Bonchev–Trinajstić information content (AvgIpc) is 3.75. The lowest BCUT2D eigenvalue weighted by molar-refractivity contribution is -0.119. The lowest BCUT2D eigenvalue weighted by atomic mass is 10.1. The van der Waals surface area contributed by atoms with Crippen molar-refractivity contribution in [1.82, 2.24) is 15.0 Å². The molecule has 4 aromatic heterocycles. The molecular formula is C30H21N5O7S. The zero-order valence-electron chi connectivity index (χ0n) is 22.1. The first kappa shape index (κ1) is 27.4. The Morgan fingerprint density at radius 3 is 2.12 bits per heavy atom. The highest BCUT2D eigenvalue weighted by Gasteiger charge is 2.19. The van der Waals surface area contributed by atoms with E-state index in [0.29, 0.717) is 39.6 Å². The van der Waals surface area contributed by atoms with Crippen LogP contribution in [0.3, 0.4) is 0 Å². The van der Waals surface area contributed by atoms with Crippen LogP contribution in [-0.4, -0.2) is 41.9 Å². The molecule has 2 aromatic carbocycles. The molecule has 0 radical (unpaired) electrons. The summed E-state index contributed by atoms with van der Waals surface area (Å²) in [6.45, 7) is -0.571. The second-order valence-corrected chi connectivity index (χ2v) is 10.7. The summed E-state index contributed by atoms with van der Waals surface area (Å²) in [6.07, 6.45) is 4.52. The van der Waals surface area contributed by atoms with Crippen molar-refractivity contribution in [2.75, 3.05) is 16.6 Å². The van der Waals surface area contributed by atoms with Gasteiger partial charge in [-0.05, 0) is 78.9 Å². The van der Waals surface area contributed by atoms with Crippen molar-refractivity contribution in [3.05, 3.63) is 109 Å². The van der Waals surface area contributed by atoms with Crippen molar-refractivity contribution in [3.8, 4) is 22.9 Å². The SMILES string of the molecule is O=C(COC(=O)c1ccc2nc(-c3ccco3)c(-c3ccco3)nc2c1)Nc1ccc(S(=O)(=O)Nc2ccccn2)cc1. The van der Waals surface area contributed by atoms with Gasteiger partial charge < -0.3 is 18.9 Å². The van der Waals surface area contributed by atoms with Gasteiger partial charge in [-0.1, -0.05) is 6.07 Å². The van der Waals surface area contributed by atoms with Gasteiger partial charge in [0.25, 0.3) is 15.9 Å². The van der Waals surface area contributed by atoms with Crippen molar-refractivity contribution in [2.45, 2.75) is 4.90 Å². The van der Waals surface area contributed by atoms with E-state index in [0.717, 1.165) is 0 Å². The summed E-state index contributed by atoms with van der Waals surface area (Å²) in [4.78, 5) is 38.4. The number of rotatable bonds is 9. The van der Waals surface area contributed by atoms with E-state index in [1.807, 2.05) is 0 Å². The topological polar surface area (TPSA) is 167 Å². The summed E-state index contributed by atoms with van der Waals surface area (Å²) < 4.78 is 43.7. The number of aromatic nitrogens is 3. The third-order valence-electron chi connectivity index (χ3n) is 6.10. The molecule has 13 heteroatoms. The van der Waals surface area contributed by atoms with Crippen LogP contribution in [0.1, 0.15) is 10.4 Å². The predicted molar refractivity (Wildman–Crippen MR) is 155 cm³/mol. The second kappa shape index (κ2) is 11.6. The van der Waals surface area contributed by atoms with Gasteiger partial charge in [0.05, 0.1) is 34.0 Å². The first-order valence-electron chi connectivity index (χ1n) is 12.8. The van der Waals surface area contributed by atoms with Gasteiger partial charge >= 0.3 is 5.97 Å². The summed E-state index contributed by atoms with van der Waals surface area (Å²) >= 11 is 0. The quantitative estimate of drug-likeness (QED) is 0.214. The highest BCUT2D eigenvalue weighted by atomic mass is 32.2. The monoisotopic (exact) mass is 595 g/mol. The van der Waals surface area contributed by atoms with Crippen LogP contribution >= 0.6 is 0 Å². The number of benzene rings is 2. The minimum atomic E-state index is -3.87. The Hall–Kier alpha value is -5.82. The van der Waals surface area contributed by atoms with Gasteiger partial charge in [-0.2, -0.15) is 0 Å². The van der Waals surface area contributed by atoms with Crippen molar-refractivity contribution >= 4 is 44.4 Å². The van der Waals surface area contributed by atoms with Crippen molar-refractivity contribution in [3.63, 3.8) is 0 Å². The van der Waals surface area contributed by atoms with Gasteiger partial charge in [0, 0.05) is 11.9 Å². The molecular weight excluding hydrogens is 574 g/mol. The van der Waals surface area contributed by atoms with Crippen LogP contribution < -0.4 is 10.0 Å². The van der Waals surface area contributed by atoms with E-state index in [2.05, 4.69) is 25.0 Å². The van der Waals surface area contributed by atoms with Gasteiger partial charge in [0.2, 0.25) is 0 Å². The molecule has 12 nitrogen and oxygen atoms in total. The van der Waals surface area contributed by atoms with Crippen LogP contribution in [0.4, 0.5) is 11.5 Å². The third kappa shape index (κ3) is 6.11. The first-order chi connectivity index (χ1) is 20.9. The number of carbonyl (C=O) groups is 2. The summed E-state index contributed by atoms with van der Waals surface area (Å²) in [5.74, 6) is -0.195. The van der Waals surface area contributed by atoms with Crippen LogP contribution in [0, 0.1) is 0 Å². The number of esters is 1. The Bertz CT molecular complexity index is 2010. The molecule has 0 unspecified atom stereocenters. The molecule has 43 heavy (non-hydrogen) atoms. The highest BCUT2D eigenvalue weighted by Crippen LogP contribution is 2.31. The van der Waals surface area contributed by atoms with E-state index in [4.69, 9.17) is 13.6 Å². The van der Waals surface area contributed by atoms with E-state index in [1.165, 1.54) is 61.2 Å². The van der Waals surface area contributed by atoms with E-state index in [-0.39, 0.29) is 16.3 Å². The molecule has 0 atom stereocenters. The Morgan fingerprint density at radius 1 is 0.791 bits per heavy atom. The second-order valence-electron chi connectivity index (χ2n) is 9.05. The van der Waals surface area contributed by atoms with Crippen molar-refractivity contribution < 1.29 is 31.6 Å². The lowest BCUT2D eigenvalue weighted by Gasteiger charge is -2.10. The molecule has 0 fully saturated rings. The normalized spacial score (nSPS) is 11.3. The number of fused-ring (bicyclic) bond motifs is 1. The summed E-state index contributed by atoms with van der Waals surface area (Å²) in [7, 11) is -3.87. The molecule has 0 saturated heterocycles. The standard InChI is InChI=1S/C30H21N5O7S/c36-27(32-20-9-11-21(12-10-20)43(38,39)35-26-7-1-2-14-31-26)18-42-30(37)19-8-13-22-23(17-19)34-29(25-6-4-16-41-25)28(33-22)24-5-3-15-40-24/h1-17H,18H2,(H,31,35)(H,32,36). The zero-order chi connectivity index (χ0) is 29.8. The zero-order valence-corrected chi connectivity index (χ0v) is 22.9. The molecule has 1 amide bonds. The maximum Gasteiger partial charge on any atom is 0.338 e. The highest BCUT2D eigenvalue weighted by molar-refractivity contribution is 7.92. The van der Waals surface area contributed by atoms with Crippen LogP contribution in [0.5, 0.6) is 0 Å². The van der Waals surface area contributed by atoms with Crippen LogP contribution in [0.2, 0.25) is 0 Å². The molecule has 0 aliphatic heterocycles. The Morgan fingerprint density at radius 2 is 1.49 bits per heavy atom. The van der Waals surface area contributed by atoms with E-state index in [9.17, 15) is 18.0 Å². The molecule has 0 spiro atoms. The minimum absolute atomic E-state index is 0.0199. The van der Waals surface area contributed by atoms with Gasteiger partial charge in [0.1, 0.15) is 17.2 Å². The van der Waals surface area contributed by atoms with Crippen molar-refractivity contribution in [2.24, 2.45) is 0 Å². The van der Waals surface area contributed by atoms with E-state index in [1.54, 1.807) is 42.5 Å². The molecule has 0 aliphatic carbocycles. The molecule has 4 heterocycles. The number of carbonyl (C=O) groups excluding carboxylic acids is 2. The summed E-state index contributed by atoms with van der Waals surface area (Å²) in [6, 6.07) is 22.0. The number of anilines is 2. The van der Waals surface area contributed by atoms with E-state index >= 15 is 0 Å². The molecule has 0 bridgehead atoms. The number of furan rings is 2. The number of amides is 1. The number of nitrogens with one attached hydrogen (secondary N) is 2. The average molecular weight is 596 g/mol. The van der Waals surface area contributed by atoms with E-state index < -0.39 is 28.5 Å². The maximum absolute atomic E-state index is 12.8. The molecule has 0 saturated carbocycles. The Kier molecular flexibility index (Phi) is 7.37. The fourth-order valence-corrected chi connectivity index (χ4v) is 5.11. The maximum atomic E-state index is 12.8. The predicted octanol–water partition coefficient (Wildman–Crippen LogP) is 5.14. The number of hydrogen-bond acceptors (Lipinski definition) is 10. The number of ether oxygens (including phenoxy) is 1. The smallest absolute Gasteiger partial charge is 0.338 e. The van der Waals surface area contributed by atoms with Gasteiger partial charge in [-0.25, -0.2) is 28.2 Å².